The summed E-state index contributed by atoms with van der Waals surface area (Å²) >= 11 is 11.9. The van der Waals surface area contributed by atoms with E-state index < -0.39 is 10.0 Å². The average Bonchev–Trinajstić information content (AvgIpc) is 2.49. The van der Waals surface area contributed by atoms with Crippen molar-refractivity contribution in [2.24, 2.45) is 0 Å². The van der Waals surface area contributed by atoms with E-state index in [1.807, 2.05) is 0 Å². The maximum absolute atomic E-state index is 12.7. The van der Waals surface area contributed by atoms with Gasteiger partial charge in [-0.1, -0.05) is 23.2 Å². The summed E-state index contributed by atoms with van der Waals surface area (Å²) in [6.45, 7) is 0.594. The smallest absolute Gasteiger partial charge is 0.244 e. The summed E-state index contributed by atoms with van der Waals surface area (Å²) in [6.07, 6.45) is 3.66. The minimum Gasteiger partial charge on any atom is -0.244 e. The van der Waals surface area contributed by atoms with E-state index in [1.165, 1.54) is 22.8 Å². The summed E-state index contributed by atoms with van der Waals surface area (Å²) < 4.78 is 26.8. The van der Waals surface area contributed by atoms with Gasteiger partial charge in [0.05, 0.1) is 5.02 Å². The molecule has 1 aromatic carbocycles. The van der Waals surface area contributed by atoms with Crippen LogP contribution in [0.1, 0.15) is 11.3 Å². The van der Waals surface area contributed by atoms with Crippen molar-refractivity contribution >= 4 is 33.2 Å². The van der Waals surface area contributed by atoms with Crippen LogP contribution in [0.4, 0.5) is 0 Å². The zero-order chi connectivity index (χ0) is 15.0. The van der Waals surface area contributed by atoms with Crippen LogP contribution in [0, 0.1) is 0 Å². The lowest BCUT2D eigenvalue weighted by molar-refractivity contribution is 0.387. The summed E-state index contributed by atoms with van der Waals surface area (Å²) in [5.74, 6) is 0. The summed E-state index contributed by atoms with van der Waals surface area (Å²) in [6, 6.07) is 4.41. The number of rotatable bonds is 2. The van der Waals surface area contributed by atoms with E-state index in [4.69, 9.17) is 23.2 Å². The molecule has 3 rings (SSSR count). The first-order valence-corrected chi connectivity index (χ1v) is 8.41. The molecule has 0 saturated carbocycles. The fourth-order valence-electron chi connectivity index (χ4n) is 2.26. The van der Waals surface area contributed by atoms with Crippen molar-refractivity contribution in [2.75, 3.05) is 6.54 Å². The fraction of sp³-hybridized carbons (Fsp3) is 0.231. The lowest BCUT2D eigenvalue weighted by Gasteiger charge is -2.27. The highest BCUT2D eigenvalue weighted by Crippen LogP contribution is 2.30. The molecule has 1 aliphatic heterocycles. The predicted octanol–water partition coefficient (Wildman–Crippen LogP) is 2.53. The maximum Gasteiger partial charge on any atom is 0.244 e. The molecular formula is C13H11Cl2N3O2S. The second kappa shape index (κ2) is 5.53. The van der Waals surface area contributed by atoms with Gasteiger partial charge in [0, 0.05) is 42.0 Å². The van der Waals surface area contributed by atoms with Gasteiger partial charge in [0.1, 0.15) is 11.2 Å². The number of aromatic nitrogens is 2. The molecule has 0 radical (unpaired) electrons. The number of nitrogens with zero attached hydrogens (tertiary/aromatic N) is 3. The molecule has 2 aromatic rings. The van der Waals surface area contributed by atoms with Crippen LogP contribution in [-0.2, 0) is 23.0 Å². The second-order valence-electron chi connectivity index (χ2n) is 4.66. The van der Waals surface area contributed by atoms with Gasteiger partial charge >= 0.3 is 0 Å². The van der Waals surface area contributed by atoms with Crippen molar-refractivity contribution in [3.8, 4) is 0 Å². The molecule has 0 bridgehead atoms. The Morgan fingerprint density at radius 1 is 1.24 bits per heavy atom. The molecule has 0 atom stereocenters. The van der Waals surface area contributed by atoms with E-state index in [9.17, 15) is 8.42 Å². The Kier molecular flexibility index (Phi) is 3.88. The Balaban J connectivity index is 1.99. The molecule has 0 unspecified atom stereocenters. The lowest BCUT2D eigenvalue weighted by atomic mass is 10.1. The normalized spacial score (nSPS) is 15.7. The van der Waals surface area contributed by atoms with Gasteiger partial charge < -0.3 is 0 Å². The SMILES string of the molecule is O=S(=O)(c1cc(Cl)ccc1Cl)N1CCc2ncncc2C1. The zero-order valence-electron chi connectivity index (χ0n) is 10.8. The van der Waals surface area contributed by atoms with Crippen molar-refractivity contribution in [2.45, 2.75) is 17.9 Å². The highest BCUT2D eigenvalue weighted by atomic mass is 35.5. The lowest BCUT2D eigenvalue weighted by Crippen LogP contribution is -2.36. The molecule has 1 aromatic heterocycles. The first-order valence-electron chi connectivity index (χ1n) is 6.21. The number of benzene rings is 1. The predicted molar refractivity (Wildman–Crippen MR) is 79.8 cm³/mol. The van der Waals surface area contributed by atoms with Gasteiger partial charge in [-0.25, -0.2) is 18.4 Å². The Hall–Kier alpha value is -1.21. The summed E-state index contributed by atoms with van der Waals surface area (Å²) in [4.78, 5) is 8.12. The van der Waals surface area contributed by atoms with Crippen LogP contribution in [-0.4, -0.2) is 29.2 Å². The van der Waals surface area contributed by atoms with Gasteiger partial charge in [-0.05, 0) is 18.2 Å². The molecule has 2 heterocycles. The van der Waals surface area contributed by atoms with Crippen molar-refractivity contribution in [1.29, 1.82) is 0 Å². The van der Waals surface area contributed by atoms with E-state index >= 15 is 0 Å². The van der Waals surface area contributed by atoms with Gasteiger partial charge in [-0.3, -0.25) is 0 Å². The average molecular weight is 344 g/mol. The number of hydrogen-bond donors (Lipinski definition) is 0. The van der Waals surface area contributed by atoms with Crippen LogP contribution < -0.4 is 0 Å². The maximum atomic E-state index is 12.7. The zero-order valence-corrected chi connectivity index (χ0v) is 13.2. The first-order chi connectivity index (χ1) is 9.98. The largest absolute Gasteiger partial charge is 0.244 e. The second-order valence-corrected chi connectivity index (χ2v) is 7.41. The van der Waals surface area contributed by atoms with Crippen LogP contribution in [0.15, 0.2) is 35.6 Å². The topological polar surface area (TPSA) is 63.2 Å². The van der Waals surface area contributed by atoms with Crippen LogP contribution in [0.3, 0.4) is 0 Å². The minimum absolute atomic E-state index is 0.0250. The Morgan fingerprint density at radius 2 is 2.05 bits per heavy atom. The molecule has 1 aliphatic rings. The molecule has 0 saturated heterocycles. The first kappa shape index (κ1) is 14.7. The molecule has 0 fully saturated rings. The summed E-state index contributed by atoms with van der Waals surface area (Å²) in [7, 11) is -3.70. The fourth-order valence-corrected chi connectivity index (χ4v) is 4.42. The molecule has 110 valence electrons. The quantitative estimate of drug-likeness (QED) is 0.840. The van der Waals surface area contributed by atoms with Crippen molar-refractivity contribution in [1.82, 2.24) is 14.3 Å². The molecule has 8 heteroatoms. The Morgan fingerprint density at radius 3 is 2.86 bits per heavy atom. The molecule has 5 nitrogen and oxygen atoms in total. The van der Waals surface area contributed by atoms with Crippen molar-refractivity contribution in [3.05, 3.63) is 52.0 Å². The van der Waals surface area contributed by atoms with Gasteiger partial charge in [0.25, 0.3) is 0 Å². The minimum atomic E-state index is -3.70. The van der Waals surface area contributed by atoms with Gasteiger partial charge in [0.2, 0.25) is 10.0 Å². The van der Waals surface area contributed by atoms with E-state index in [0.717, 1.165) is 11.3 Å². The van der Waals surface area contributed by atoms with Crippen molar-refractivity contribution < 1.29 is 8.42 Å². The third-order valence-corrected chi connectivity index (χ3v) is 5.90. The Bertz CT molecular complexity index is 796. The van der Waals surface area contributed by atoms with Gasteiger partial charge in [-0.15, -0.1) is 0 Å². The molecular weight excluding hydrogens is 333 g/mol. The van der Waals surface area contributed by atoms with E-state index in [0.29, 0.717) is 18.0 Å². The Labute approximate surface area is 132 Å². The number of hydrogen-bond acceptors (Lipinski definition) is 4. The molecule has 21 heavy (non-hydrogen) atoms. The molecule has 0 spiro atoms. The van der Waals surface area contributed by atoms with E-state index in [1.54, 1.807) is 12.3 Å². The highest BCUT2D eigenvalue weighted by molar-refractivity contribution is 7.89. The number of fused-ring (bicyclic) bond motifs is 1. The molecule has 0 N–H and O–H groups in total. The van der Waals surface area contributed by atoms with Crippen LogP contribution in [0.5, 0.6) is 0 Å². The van der Waals surface area contributed by atoms with Crippen LogP contribution in [0.2, 0.25) is 10.0 Å². The summed E-state index contributed by atoms with van der Waals surface area (Å²) in [5, 5.41) is 0.494. The molecule has 0 aliphatic carbocycles. The highest BCUT2D eigenvalue weighted by Gasteiger charge is 2.30. The van der Waals surface area contributed by atoms with E-state index in [2.05, 4.69) is 9.97 Å². The van der Waals surface area contributed by atoms with E-state index in [-0.39, 0.29) is 16.5 Å². The van der Waals surface area contributed by atoms with Crippen molar-refractivity contribution in [3.63, 3.8) is 0 Å². The monoisotopic (exact) mass is 343 g/mol. The summed E-state index contributed by atoms with van der Waals surface area (Å²) in [5.41, 5.74) is 1.69. The third kappa shape index (κ3) is 2.76. The number of sulfonamides is 1. The van der Waals surface area contributed by atoms with Crippen LogP contribution >= 0.6 is 23.2 Å². The third-order valence-electron chi connectivity index (χ3n) is 3.34. The van der Waals surface area contributed by atoms with Gasteiger partial charge in [0.15, 0.2) is 0 Å². The standard InChI is InChI=1S/C13H11Cl2N3O2S/c14-10-1-2-11(15)13(5-10)21(19,20)18-4-3-12-9(7-18)6-16-8-17-12/h1-2,5-6,8H,3-4,7H2. The molecule has 0 amide bonds. The van der Waals surface area contributed by atoms with Crippen LogP contribution in [0.25, 0.3) is 0 Å². The number of halogens is 2. The van der Waals surface area contributed by atoms with Gasteiger partial charge in [-0.2, -0.15) is 4.31 Å².